The van der Waals surface area contributed by atoms with Gasteiger partial charge in [0.1, 0.15) is 5.69 Å². The molecule has 0 aromatic carbocycles. The Hall–Kier alpha value is -1.63. The van der Waals surface area contributed by atoms with E-state index in [9.17, 15) is 17.6 Å². The number of nitrogens with zero attached hydrogens (tertiary/aromatic N) is 1. The molecule has 0 atom stereocenters. The molecule has 1 N–H and O–H groups in total. The first kappa shape index (κ1) is 12.8. The number of aromatic nitrogens is 1. The Morgan fingerprint density at radius 2 is 1.78 bits per heavy atom. The Morgan fingerprint density at radius 1 is 1.11 bits per heavy atom. The lowest BCUT2D eigenvalue weighted by Gasteiger charge is -2.08. The molecule has 0 fully saturated rings. The van der Waals surface area contributed by atoms with Crippen LogP contribution in [0.25, 0.3) is 0 Å². The van der Waals surface area contributed by atoms with Crippen LogP contribution in [0.3, 0.4) is 0 Å². The molecule has 0 saturated carbocycles. The van der Waals surface area contributed by atoms with Crippen LogP contribution in [0.15, 0.2) is 16.8 Å². The van der Waals surface area contributed by atoms with E-state index in [1.807, 2.05) is 16.8 Å². The van der Waals surface area contributed by atoms with Gasteiger partial charge in [0.05, 0.1) is 0 Å². The quantitative estimate of drug-likeness (QED) is 0.684. The second-order valence-corrected chi connectivity index (χ2v) is 4.28. The fourth-order valence-corrected chi connectivity index (χ4v) is 2.11. The molecule has 0 aliphatic rings. The monoisotopic (exact) mass is 276 g/mol. The first-order chi connectivity index (χ1) is 8.59. The summed E-state index contributed by atoms with van der Waals surface area (Å²) in [4.78, 5) is 2.47. The molecule has 2 nitrogen and oxygen atoms in total. The zero-order valence-corrected chi connectivity index (χ0v) is 9.83. The van der Waals surface area contributed by atoms with Crippen LogP contribution in [0.1, 0.15) is 5.56 Å². The minimum absolute atomic E-state index is 0.160. The van der Waals surface area contributed by atoms with Gasteiger partial charge in [-0.15, -0.1) is 0 Å². The Balaban J connectivity index is 2.09. The molecule has 2 aromatic rings. The molecule has 18 heavy (non-hydrogen) atoms. The summed E-state index contributed by atoms with van der Waals surface area (Å²) in [6.07, 6.45) is 0.494. The van der Waals surface area contributed by atoms with Crippen LogP contribution in [-0.2, 0) is 6.42 Å². The van der Waals surface area contributed by atoms with Crippen molar-refractivity contribution in [3.05, 3.63) is 45.9 Å². The van der Waals surface area contributed by atoms with Crippen molar-refractivity contribution in [2.45, 2.75) is 6.42 Å². The summed E-state index contributed by atoms with van der Waals surface area (Å²) in [5.41, 5.74) is 0.151. The maximum atomic E-state index is 13.2. The van der Waals surface area contributed by atoms with Gasteiger partial charge in [0.25, 0.3) is 11.9 Å². The predicted octanol–water partition coefficient (Wildman–Crippen LogP) is 3.35. The van der Waals surface area contributed by atoms with Crippen molar-refractivity contribution in [2.75, 3.05) is 11.9 Å². The Bertz CT molecular complexity index is 516. The summed E-state index contributed by atoms with van der Waals surface area (Å²) >= 11 is 1.49. The summed E-state index contributed by atoms with van der Waals surface area (Å²) in [5, 5.41) is 6.08. The highest BCUT2D eigenvalue weighted by atomic mass is 32.1. The third-order valence-electron chi connectivity index (χ3n) is 2.29. The summed E-state index contributed by atoms with van der Waals surface area (Å²) in [6, 6.07) is 1.85. The van der Waals surface area contributed by atoms with Crippen LogP contribution in [0, 0.1) is 23.5 Å². The molecule has 7 heteroatoms. The molecule has 0 radical (unpaired) electrons. The number of rotatable bonds is 4. The summed E-state index contributed by atoms with van der Waals surface area (Å²) in [6.45, 7) is 0.160. The molecule has 0 spiro atoms. The van der Waals surface area contributed by atoms with E-state index < -0.39 is 29.2 Å². The molecular weight excluding hydrogens is 268 g/mol. The first-order valence-electron chi connectivity index (χ1n) is 5.04. The number of halogens is 4. The van der Waals surface area contributed by atoms with E-state index in [-0.39, 0.29) is 6.54 Å². The molecule has 0 amide bonds. The van der Waals surface area contributed by atoms with Crippen molar-refractivity contribution in [1.82, 2.24) is 4.98 Å². The van der Waals surface area contributed by atoms with Gasteiger partial charge in [0, 0.05) is 6.54 Å². The van der Waals surface area contributed by atoms with Gasteiger partial charge in [-0.05, 0) is 28.8 Å². The minimum atomic E-state index is -1.66. The average molecular weight is 276 g/mol. The van der Waals surface area contributed by atoms with E-state index in [1.165, 1.54) is 11.3 Å². The standard InChI is InChI=1S/C11H8F4N2S/c12-7-9(8(13)11(15)17-10(7)14)16-3-1-6-2-4-18-5-6/h2,4-5H,1,3H2,(H,16,17). The number of anilines is 1. The van der Waals surface area contributed by atoms with Gasteiger partial charge in [-0.1, -0.05) is 0 Å². The Morgan fingerprint density at radius 3 is 2.33 bits per heavy atom. The molecule has 0 unspecified atom stereocenters. The number of thiophene rings is 1. The van der Waals surface area contributed by atoms with Crippen LogP contribution in [0.5, 0.6) is 0 Å². The maximum Gasteiger partial charge on any atom is 0.253 e. The van der Waals surface area contributed by atoms with Gasteiger partial charge < -0.3 is 5.32 Å². The second kappa shape index (κ2) is 5.34. The Labute approximate surface area is 104 Å². The van der Waals surface area contributed by atoms with E-state index in [1.54, 1.807) is 0 Å². The third-order valence-corrected chi connectivity index (χ3v) is 3.03. The highest BCUT2D eigenvalue weighted by molar-refractivity contribution is 7.07. The molecule has 0 aliphatic heterocycles. The van der Waals surface area contributed by atoms with Crippen LogP contribution in [-0.4, -0.2) is 11.5 Å². The van der Waals surface area contributed by atoms with Crippen molar-refractivity contribution in [2.24, 2.45) is 0 Å². The summed E-state index contributed by atoms with van der Waals surface area (Å²) in [7, 11) is 0. The van der Waals surface area contributed by atoms with Gasteiger partial charge >= 0.3 is 0 Å². The summed E-state index contributed by atoms with van der Waals surface area (Å²) < 4.78 is 52.0. The topological polar surface area (TPSA) is 24.9 Å². The highest BCUT2D eigenvalue weighted by Crippen LogP contribution is 2.21. The number of hydrogen-bond donors (Lipinski definition) is 1. The molecular formula is C11H8F4N2S. The van der Waals surface area contributed by atoms with Gasteiger partial charge in [-0.3, -0.25) is 0 Å². The normalized spacial score (nSPS) is 10.7. The van der Waals surface area contributed by atoms with Crippen LogP contribution in [0.4, 0.5) is 23.2 Å². The van der Waals surface area contributed by atoms with Gasteiger partial charge in [0.2, 0.25) is 11.6 Å². The SMILES string of the molecule is Fc1nc(F)c(F)c(NCCc2ccsc2)c1F. The van der Waals surface area contributed by atoms with Gasteiger partial charge in [0.15, 0.2) is 0 Å². The van der Waals surface area contributed by atoms with Gasteiger partial charge in [-0.2, -0.15) is 33.9 Å². The molecule has 0 saturated heterocycles. The van der Waals surface area contributed by atoms with Crippen molar-refractivity contribution in [3.8, 4) is 0 Å². The third kappa shape index (κ3) is 2.61. The molecule has 2 aromatic heterocycles. The molecule has 0 bridgehead atoms. The first-order valence-corrected chi connectivity index (χ1v) is 5.99. The predicted molar refractivity (Wildman–Crippen MR) is 60.6 cm³/mol. The zero-order chi connectivity index (χ0) is 13.1. The smallest absolute Gasteiger partial charge is 0.253 e. The molecule has 96 valence electrons. The molecule has 2 rings (SSSR count). The van der Waals surface area contributed by atoms with Crippen LogP contribution in [0.2, 0.25) is 0 Å². The van der Waals surface area contributed by atoms with E-state index in [0.29, 0.717) is 6.42 Å². The lowest BCUT2D eigenvalue weighted by molar-refractivity contribution is 0.410. The lowest BCUT2D eigenvalue weighted by Crippen LogP contribution is -2.11. The van der Waals surface area contributed by atoms with Crippen molar-refractivity contribution < 1.29 is 17.6 Å². The second-order valence-electron chi connectivity index (χ2n) is 3.50. The van der Waals surface area contributed by atoms with E-state index in [0.717, 1.165) is 5.56 Å². The minimum Gasteiger partial charge on any atom is -0.380 e. The molecule has 2 heterocycles. The maximum absolute atomic E-state index is 13.2. The highest BCUT2D eigenvalue weighted by Gasteiger charge is 2.20. The van der Waals surface area contributed by atoms with Crippen LogP contribution < -0.4 is 5.32 Å². The zero-order valence-electron chi connectivity index (χ0n) is 9.01. The largest absolute Gasteiger partial charge is 0.380 e. The van der Waals surface area contributed by atoms with Crippen molar-refractivity contribution >= 4 is 17.0 Å². The van der Waals surface area contributed by atoms with E-state index >= 15 is 0 Å². The Kier molecular flexibility index (Phi) is 3.81. The van der Waals surface area contributed by atoms with Crippen molar-refractivity contribution in [3.63, 3.8) is 0 Å². The molecule has 0 aliphatic carbocycles. The average Bonchev–Trinajstić information content (AvgIpc) is 2.84. The van der Waals surface area contributed by atoms with E-state index in [4.69, 9.17) is 0 Å². The fraction of sp³-hybridized carbons (Fsp3) is 0.182. The fourth-order valence-electron chi connectivity index (χ4n) is 1.41. The lowest BCUT2D eigenvalue weighted by atomic mass is 10.2. The number of nitrogens with one attached hydrogen (secondary N) is 1. The number of pyridine rings is 1. The summed E-state index contributed by atoms with van der Waals surface area (Å²) in [5.74, 6) is -6.35. The number of hydrogen-bond acceptors (Lipinski definition) is 3. The van der Waals surface area contributed by atoms with Crippen LogP contribution >= 0.6 is 11.3 Å². The van der Waals surface area contributed by atoms with Crippen molar-refractivity contribution in [1.29, 1.82) is 0 Å². The van der Waals surface area contributed by atoms with Gasteiger partial charge in [-0.25, -0.2) is 0 Å². The van der Waals surface area contributed by atoms with E-state index in [2.05, 4.69) is 10.3 Å².